The highest BCUT2D eigenvalue weighted by Gasteiger charge is 2.10. The summed E-state index contributed by atoms with van der Waals surface area (Å²) >= 11 is 0. The van der Waals surface area contributed by atoms with Gasteiger partial charge < -0.3 is 10.2 Å². The van der Waals surface area contributed by atoms with E-state index >= 15 is 0 Å². The van der Waals surface area contributed by atoms with Gasteiger partial charge in [0, 0.05) is 23.2 Å². The fourth-order valence-corrected chi connectivity index (χ4v) is 2.90. The zero-order chi connectivity index (χ0) is 17.6. The first-order chi connectivity index (χ1) is 12.1. The fourth-order valence-electron chi connectivity index (χ4n) is 2.90. The van der Waals surface area contributed by atoms with Crippen LogP contribution in [0.1, 0.15) is 12.8 Å². The van der Waals surface area contributed by atoms with Crippen LogP contribution in [-0.2, 0) is 0 Å². The molecule has 27 heavy (non-hydrogen) atoms. The maximum atomic E-state index is 14.2. The van der Waals surface area contributed by atoms with Crippen LogP contribution in [0.25, 0.3) is 22.2 Å². The number of fused-ring (bicyclic) bond motifs is 1. The number of hydrogen-bond acceptors (Lipinski definition) is 3. The number of nitrogens with one attached hydrogen (secondary N) is 1. The van der Waals surface area contributed by atoms with Crippen molar-refractivity contribution in [3.63, 3.8) is 0 Å². The lowest BCUT2D eigenvalue weighted by Crippen LogP contribution is -2.14. The molecule has 1 aromatic heterocycles. The van der Waals surface area contributed by atoms with Crippen molar-refractivity contribution >= 4 is 50.6 Å². The molecule has 0 fully saturated rings. The molecular formula is C21H26Br2FN3. The van der Waals surface area contributed by atoms with Gasteiger partial charge in [-0.1, -0.05) is 30.3 Å². The number of nitrogens with zero attached hydrogens (tertiary/aromatic N) is 2. The Bertz CT molecular complexity index is 856. The summed E-state index contributed by atoms with van der Waals surface area (Å²) in [5.74, 6) is -0.248. The summed E-state index contributed by atoms with van der Waals surface area (Å²) in [6, 6.07) is 16.7. The third-order valence-corrected chi connectivity index (χ3v) is 4.21. The molecule has 0 radical (unpaired) electrons. The van der Waals surface area contributed by atoms with Gasteiger partial charge in [0.1, 0.15) is 5.82 Å². The minimum Gasteiger partial charge on any atom is -0.384 e. The van der Waals surface area contributed by atoms with Crippen molar-refractivity contribution in [1.29, 1.82) is 0 Å². The topological polar surface area (TPSA) is 28.2 Å². The highest BCUT2D eigenvalue weighted by atomic mass is 79.9. The quantitative estimate of drug-likeness (QED) is 0.408. The minimum absolute atomic E-state index is 0. The van der Waals surface area contributed by atoms with Gasteiger partial charge in [0.25, 0.3) is 0 Å². The third kappa shape index (κ3) is 6.26. The Hall–Kier alpha value is -1.50. The summed E-state index contributed by atoms with van der Waals surface area (Å²) in [7, 11) is 4.18. The molecule has 0 saturated carbocycles. The number of anilines is 1. The lowest BCUT2D eigenvalue weighted by molar-refractivity contribution is 0.396. The van der Waals surface area contributed by atoms with Gasteiger partial charge in [-0.3, -0.25) is 0 Å². The van der Waals surface area contributed by atoms with Crippen LogP contribution in [0.2, 0.25) is 0 Å². The molecular weight excluding hydrogens is 473 g/mol. The van der Waals surface area contributed by atoms with Gasteiger partial charge in [-0.05, 0) is 57.7 Å². The maximum absolute atomic E-state index is 14.2. The normalized spacial score (nSPS) is 10.4. The van der Waals surface area contributed by atoms with Gasteiger partial charge in [-0.15, -0.1) is 34.0 Å². The largest absolute Gasteiger partial charge is 0.384 e. The zero-order valence-electron chi connectivity index (χ0n) is 15.6. The molecule has 0 spiro atoms. The van der Waals surface area contributed by atoms with Crippen LogP contribution >= 0.6 is 34.0 Å². The van der Waals surface area contributed by atoms with E-state index < -0.39 is 0 Å². The molecule has 3 nitrogen and oxygen atoms in total. The number of rotatable bonds is 7. The average molecular weight is 499 g/mol. The predicted octanol–water partition coefficient (Wildman–Crippen LogP) is 5.95. The Morgan fingerprint density at radius 1 is 0.963 bits per heavy atom. The molecule has 0 atom stereocenters. The molecule has 2 aromatic carbocycles. The molecule has 0 bridgehead atoms. The molecule has 3 aromatic rings. The molecule has 0 aliphatic rings. The predicted molar refractivity (Wildman–Crippen MR) is 124 cm³/mol. The Kier molecular flexibility index (Phi) is 9.91. The number of aromatic nitrogens is 1. The van der Waals surface area contributed by atoms with Gasteiger partial charge in [0.2, 0.25) is 0 Å². The lowest BCUT2D eigenvalue weighted by atomic mass is 10.1. The zero-order valence-corrected chi connectivity index (χ0v) is 19.0. The van der Waals surface area contributed by atoms with Crippen LogP contribution in [0.5, 0.6) is 0 Å². The van der Waals surface area contributed by atoms with Crippen LogP contribution in [0.4, 0.5) is 10.1 Å². The van der Waals surface area contributed by atoms with Crippen molar-refractivity contribution in [1.82, 2.24) is 9.88 Å². The van der Waals surface area contributed by atoms with E-state index in [1.165, 1.54) is 6.07 Å². The monoisotopic (exact) mass is 497 g/mol. The SMILES string of the molecule is Br.Br.CN(C)CCCCNc1cc(-c2ccccc2F)nc2ccccc12. The Labute approximate surface area is 181 Å². The molecule has 0 aliphatic heterocycles. The summed E-state index contributed by atoms with van der Waals surface area (Å²) in [6.07, 6.45) is 2.23. The van der Waals surface area contributed by atoms with Crippen LogP contribution in [0.3, 0.4) is 0 Å². The lowest BCUT2D eigenvalue weighted by Gasteiger charge is -2.13. The molecule has 3 rings (SSSR count). The Morgan fingerprint density at radius 2 is 1.67 bits per heavy atom. The summed E-state index contributed by atoms with van der Waals surface area (Å²) in [6.45, 7) is 1.97. The van der Waals surface area contributed by atoms with E-state index in [2.05, 4.69) is 35.4 Å². The second-order valence-corrected chi connectivity index (χ2v) is 6.49. The number of pyridine rings is 1. The van der Waals surface area contributed by atoms with E-state index in [0.717, 1.165) is 42.5 Å². The summed E-state index contributed by atoms with van der Waals surface area (Å²) in [4.78, 5) is 6.84. The second-order valence-electron chi connectivity index (χ2n) is 6.49. The van der Waals surface area contributed by atoms with E-state index in [9.17, 15) is 4.39 Å². The Morgan fingerprint density at radius 3 is 2.41 bits per heavy atom. The third-order valence-electron chi connectivity index (χ3n) is 4.21. The van der Waals surface area contributed by atoms with Crippen molar-refractivity contribution in [2.24, 2.45) is 0 Å². The van der Waals surface area contributed by atoms with Crippen LogP contribution in [-0.4, -0.2) is 37.1 Å². The fraction of sp³-hybridized carbons (Fsp3) is 0.286. The minimum atomic E-state index is -0.248. The van der Waals surface area contributed by atoms with Crippen molar-refractivity contribution in [3.05, 3.63) is 60.4 Å². The van der Waals surface area contributed by atoms with Crippen LogP contribution in [0.15, 0.2) is 54.6 Å². The second kappa shape index (κ2) is 11.4. The summed E-state index contributed by atoms with van der Waals surface area (Å²) in [5.41, 5.74) is 3.07. The molecule has 146 valence electrons. The molecule has 0 unspecified atom stereocenters. The van der Waals surface area contributed by atoms with Gasteiger partial charge >= 0.3 is 0 Å². The van der Waals surface area contributed by atoms with Crippen molar-refractivity contribution < 1.29 is 4.39 Å². The van der Waals surface area contributed by atoms with E-state index in [4.69, 9.17) is 0 Å². The average Bonchev–Trinajstić information content (AvgIpc) is 2.61. The highest BCUT2D eigenvalue weighted by Crippen LogP contribution is 2.29. The number of hydrogen-bond donors (Lipinski definition) is 1. The van der Waals surface area contributed by atoms with E-state index in [1.807, 2.05) is 30.3 Å². The Balaban J connectivity index is 0.00000182. The van der Waals surface area contributed by atoms with E-state index in [1.54, 1.807) is 12.1 Å². The number of unbranched alkanes of at least 4 members (excludes halogenated alkanes) is 1. The number of benzene rings is 2. The number of halogens is 3. The highest BCUT2D eigenvalue weighted by molar-refractivity contribution is 8.93. The van der Waals surface area contributed by atoms with E-state index in [-0.39, 0.29) is 39.8 Å². The molecule has 6 heteroatoms. The molecule has 0 amide bonds. The first-order valence-corrected chi connectivity index (χ1v) is 8.68. The van der Waals surface area contributed by atoms with Crippen molar-refractivity contribution in [3.8, 4) is 11.3 Å². The molecule has 1 heterocycles. The van der Waals surface area contributed by atoms with Gasteiger partial charge in [0.15, 0.2) is 0 Å². The standard InChI is InChI=1S/C21H24FN3.2BrH/c1-25(2)14-8-7-13-23-20-15-21(16-9-3-5-11-18(16)22)24-19-12-6-4-10-17(19)20;;/h3-6,9-12,15H,7-8,13-14H2,1-2H3,(H,23,24);2*1H. The smallest absolute Gasteiger partial charge is 0.132 e. The van der Waals surface area contributed by atoms with Crippen LogP contribution in [0, 0.1) is 5.82 Å². The molecule has 1 N–H and O–H groups in total. The van der Waals surface area contributed by atoms with Gasteiger partial charge in [-0.25, -0.2) is 9.37 Å². The summed E-state index contributed by atoms with van der Waals surface area (Å²) in [5, 5.41) is 4.58. The van der Waals surface area contributed by atoms with Crippen molar-refractivity contribution in [2.75, 3.05) is 32.5 Å². The maximum Gasteiger partial charge on any atom is 0.132 e. The first-order valence-electron chi connectivity index (χ1n) is 8.68. The molecule has 0 saturated heterocycles. The summed E-state index contributed by atoms with van der Waals surface area (Å²) < 4.78 is 14.2. The van der Waals surface area contributed by atoms with Gasteiger partial charge in [-0.2, -0.15) is 0 Å². The van der Waals surface area contributed by atoms with E-state index in [0.29, 0.717) is 11.3 Å². The van der Waals surface area contributed by atoms with Crippen molar-refractivity contribution in [2.45, 2.75) is 12.8 Å². The van der Waals surface area contributed by atoms with Crippen LogP contribution < -0.4 is 5.32 Å². The molecule has 0 aliphatic carbocycles. The van der Waals surface area contributed by atoms with Gasteiger partial charge in [0.05, 0.1) is 11.2 Å². The number of para-hydroxylation sites is 1. The first kappa shape index (κ1) is 23.5.